The first-order valence-electron chi connectivity index (χ1n) is 7.19. The summed E-state index contributed by atoms with van der Waals surface area (Å²) in [5.74, 6) is 0.429. The fourth-order valence-corrected chi connectivity index (χ4v) is 2.00. The summed E-state index contributed by atoms with van der Waals surface area (Å²) in [6.45, 7) is 4.62. The van der Waals surface area contributed by atoms with Crippen molar-refractivity contribution in [1.82, 2.24) is 9.97 Å². The highest BCUT2D eigenvalue weighted by Gasteiger charge is 2.23. The third kappa shape index (κ3) is 3.69. The van der Waals surface area contributed by atoms with Gasteiger partial charge in [0.25, 0.3) is 0 Å². The number of hydrogen-bond donors (Lipinski definition) is 2. The molecule has 7 heteroatoms. The maximum atomic E-state index is 11.4. The van der Waals surface area contributed by atoms with E-state index in [1.165, 1.54) is 6.33 Å². The molecule has 0 aliphatic carbocycles. The van der Waals surface area contributed by atoms with E-state index in [1.54, 1.807) is 0 Å². The Balaban J connectivity index is 2.32. The van der Waals surface area contributed by atoms with E-state index in [2.05, 4.69) is 27.5 Å². The van der Waals surface area contributed by atoms with Crippen molar-refractivity contribution in [3.8, 4) is 0 Å². The van der Waals surface area contributed by atoms with Crippen molar-refractivity contribution < 1.29 is 4.92 Å². The number of nitrogens with zero attached hydrogens (tertiary/aromatic N) is 3. The van der Waals surface area contributed by atoms with E-state index in [0.29, 0.717) is 6.54 Å². The van der Waals surface area contributed by atoms with E-state index in [0.717, 1.165) is 24.1 Å². The van der Waals surface area contributed by atoms with Crippen LogP contribution < -0.4 is 10.6 Å². The first-order valence-corrected chi connectivity index (χ1v) is 7.19. The van der Waals surface area contributed by atoms with E-state index >= 15 is 0 Å². The minimum Gasteiger partial charge on any atom is -0.364 e. The van der Waals surface area contributed by atoms with E-state index in [1.807, 2.05) is 31.2 Å². The molecule has 0 bridgehead atoms. The molecule has 0 atom stereocenters. The molecule has 1 aromatic carbocycles. The molecule has 0 radical (unpaired) electrons. The zero-order chi connectivity index (χ0) is 15.9. The Morgan fingerprint density at radius 3 is 2.64 bits per heavy atom. The van der Waals surface area contributed by atoms with Crippen LogP contribution in [0.3, 0.4) is 0 Å². The van der Waals surface area contributed by atoms with Crippen molar-refractivity contribution in [1.29, 1.82) is 0 Å². The number of aromatic nitrogens is 2. The second kappa shape index (κ2) is 7.35. The lowest BCUT2D eigenvalue weighted by molar-refractivity contribution is -0.383. The van der Waals surface area contributed by atoms with Gasteiger partial charge in [0.15, 0.2) is 0 Å². The Kier molecular flexibility index (Phi) is 5.24. The van der Waals surface area contributed by atoms with Gasteiger partial charge in [-0.15, -0.1) is 0 Å². The molecule has 0 unspecified atom stereocenters. The van der Waals surface area contributed by atoms with Crippen molar-refractivity contribution in [2.45, 2.75) is 26.7 Å². The Morgan fingerprint density at radius 1 is 1.23 bits per heavy atom. The van der Waals surface area contributed by atoms with Gasteiger partial charge in [0.1, 0.15) is 6.33 Å². The number of nitro groups is 1. The molecule has 0 amide bonds. The van der Waals surface area contributed by atoms with E-state index in [9.17, 15) is 10.1 Å². The van der Waals surface area contributed by atoms with Crippen LogP contribution >= 0.6 is 0 Å². The molecule has 7 nitrogen and oxygen atoms in total. The highest BCUT2D eigenvalue weighted by Crippen LogP contribution is 2.31. The number of anilines is 3. The summed E-state index contributed by atoms with van der Waals surface area (Å²) in [6.07, 6.45) is 3.24. The average Bonchev–Trinajstić information content (AvgIpc) is 2.50. The van der Waals surface area contributed by atoms with Crippen molar-refractivity contribution in [3.05, 3.63) is 46.3 Å². The smallest absolute Gasteiger partial charge is 0.353 e. The second-order valence-electron chi connectivity index (χ2n) is 4.90. The van der Waals surface area contributed by atoms with Crippen LogP contribution in [0.25, 0.3) is 0 Å². The van der Waals surface area contributed by atoms with Gasteiger partial charge in [-0.2, -0.15) is 0 Å². The number of nitrogens with one attached hydrogen (secondary N) is 2. The van der Waals surface area contributed by atoms with Gasteiger partial charge in [-0.3, -0.25) is 10.1 Å². The standard InChI is InChI=1S/C15H19N5O2/c1-3-4-9-16-14-13(20(21)22)15(18-10-17-14)19-12-8-6-5-7-11(12)2/h5-8,10H,3-4,9H2,1-2H3,(H2,16,17,18,19). The molecule has 22 heavy (non-hydrogen) atoms. The minimum atomic E-state index is -0.463. The average molecular weight is 301 g/mol. The molecule has 2 rings (SSSR count). The number of unbranched alkanes of at least 4 members (excludes halogenated alkanes) is 1. The first kappa shape index (κ1) is 15.7. The molecule has 1 heterocycles. The molecule has 1 aromatic heterocycles. The third-order valence-corrected chi connectivity index (χ3v) is 3.23. The largest absolute Gasteiger partial charge is 0.364 e. The molecule has 0 aliphatic rings. The van der Waals surface area contributed by atoms with Crippen LogP contribution in [0.2, 0.25) is 0 Å². The molecular weight excluding hydrogens is 282 g/mol. The van der Waals surface area contributed by atoms with Crippen molar-refractivity contribution in [2.75, 3.05) is 17.2 Å². The predicted molar refractivity (Wildman–Crippen MR) is 86.5 cm³/mol. The summed E-state index contributed by atoms with van der Waals surface area (Å²) in [4.78, 5) is 18.9. The number of rotatable bonds is 7. The number of hydrogen-bond acceptors (Lipinski definition) is 6. The zero-order valence-electron chi connectivity index (χ0n) is 12.7. The maximum Gasteiger partial charge on any atom is 0.353 e. The van der Waals surface area contributed by atoms with E-state index in [4.69, 9.17) is 0 Å². The number of benzene rings is 1. The molecule has 2 N–H and O–H groups in total. The highest BCUT2D eigenvalue weighted by molar-refractivity contribution is 5.74. The quantitative estimate of drug-likeness (QED) is 0.460. The normalized spacial score (nSPS) is 10.3. The lowest BCUT2D eigenvalue weighted by Gasteiger charge is -2.11. The topological polar surface area (TPSA) is 93.0 Å². The van der Waals surface area contributed by atoms with E-state index in [-0.39, 0.29) is 17.3 Å². The molecule has 2 aromatic rings. The van der Waals surface area contributed by atoms with Gasteiger partial charge in [0.2, 0.25) is 11.6 Å². The fourth-order valence-electron chi connectivity index (χ4n) is 2.00. The molecule has 0 saturated carbocycles. The Bertz CT molecular complexity index is 660. The van der Waals surface area contributed by atoms with Gasteiger partial charge in [-0.05, 0) is 25.0 Å². The summed E-state index contributed by atoms with van der Waals surface area (Å²) < 4.78 is 0. The molecule has 116 valence electrons. The molecule has 0 saturated heterocycles. The van der Waals surface area contributed by atoms with E-state index < -0.39 is 4.92 Å². The fraction of sp³-hybridized carbons (Fsp3) is 0.333. The molecule has 0 aliphatic heterocycles. The molecule has 0 fully saturated rings. The first-order chi connectivity index (χ1) is 10.6. The van der Waals surface area contributed by atoms with Crippen molar-refractivity contribution in [3.63, 3.8) is 0 Å². The number of aryl methyl sites for hydroxylation is 1. The summed E-state index contributed by atoms with van der Waals surface area (Å²) in [6, 6.07) is 7.55. The van der Waals surface area contributed by atoms with Crippen molar-refractivity contribution >= 4 is 23.0 Å². The SMILES string of the molecule is CCCCNc1ncnc(Nc2ccccc2C)c1[N+](=O)[O-]. The van der Waals surface area contributed by atoms with Gasteiger partial charge < -0.3 is 10.6 Å². The summed E-state index contributed by atoms with van der Waals surface area (Å²) in [5, 5.41) is 17.4. The zero-order valence-corrected chi connectivity index (χ0v) is 12.7. The second-order valence-corrected chi connectivity index (χ2v) is 4.90. The van der Waals surface area contributed by atoms with Crippen molar-refractivity contribution in [2.24, 2.45) is 0 Å². The van der Waals surface area contributed by atoms with Gasteiger partial charge in [-0.25, -0.2) is 9.97 Å². The van der Waals surface area contributed by atoms with Crippen LogP contribution in [0, 0.1) is 17.0 Å². The van der Waals surface area contributed by atoms with Gasteiger partial charge in [-0.1, -0.05) is 31.5 Å². The Hall–Kier alpha value is -2.70. The predicted octanol–water partition coefficient (Wildman–Crippen LogP) is 3.65. The Labute approximate surface area is 129 Å². The number of para-hydroxylation sites is 1. The highest BCUT2D eigenvalue weighted by atomic mass is 16.6. The Morgan fingerprint density at radius 2 is 1.95 bits per heavy atom. The van der Waals surface area contributed by atoms with Gasteiger partial charge in [0.05, 0.1) is 4.92 Å². The van der Waals surface area contributed by atoms with Crippen LogP contribution in [0.5, 0.6) is 0 Å². The molecule has 0 spiro atoms. The summed E-state index contributed by atoms with van der Waals surface area (Å²) in [7, 11) is 0. The molecular formula is C15H19N5O2. The third-order valence-electron chi connectivity index (χ3n) is 3.23. The van der Waals surface area contributed by atoms with Gasteiger partial charge >= 0.3 is 5.69 Å². The minimum absolute atomic E-state index is 0.137. The lowest BCUT2D eigenvalue weighted by Crippen LogP contribution is -2.09. The monoisotopic (exact) mass is 301 g/mol. The lowest BCUT2D eigenvalue weighted by atomic mass is 10.2. The van der Waals surface area contributed by atoms with Crippen LogP contribution in [0.15, 0.2) is 30.6 Å². The summed E-state index contributed by atoms with van der Waals surface area (Å²) >= 11 is 0. The van der Waals surface area contributed by atoms with Crippen LogP contribution in [0.1, 0.15) is 25.3 Å². The van der Waals surface area contributed by atoms with Crippen LogP contribution in [0.4, 0.5) is 23.0 Å². The van der Waals surface area contributed by atoms with Gasteiger partial charge in [0, 0.05) is 12.2 Å². The van der Waals surface area contributed by atoms with Crippen LogP contribution in [-0.2, 0) is 0 Å². The summed E-state index contributed by atoms with van der Waals surface area (Å²) in [5.41, 5.74) is 1.63. The maximum absolute atomic E-state index is 11.4. The van der Waals surface area contributed by atoms with Crippen LogP contribution in [-0.4, -0.2) is 21.4 Å².